The molecule has 0 saturated heterocycles. The molecule has 9 atom stereocenters. The lowest BCUT2D eigenvalue weighted by molar-refractivity contribution is 0.137. The van der Waals surface area contributed by atoms with Crippen molar-refractivity contribution in [1.82, 2.24) is 0 Å². The number of hydrogen-bond donors (Lipinski definition) is 0. The van der Waals surface area contributed by atoms with Crippen molar-refractivity contribution >= 4 is 0 Å². The van der Waals surface area contributed by atoms with Gasteiger partial charge < -0.3 is 0 Å². The van der Waals surface area contributed by atoms with E-state index in [0.29, 0.717) is 0 Å². The zero-order valence-electron chi connectivity index (χ0n) is 15.9. The van der Waals surface area contributed by atoms with Crippen molar-refractivity contribution in [3.63, 3.8) is 0 Å². The van der Waals surface area contributed by atoms with Crippen molar-refractivity contribution in [3.05, 3.63) is 0 Å². The first-order valence-electron chi connectivity index (χ1n) is 9.82. The second-order valence-electron chi connectivity index (χ2n) is 9.05. The molecule has 0 aromatic heterocycles. The molecule has 0 aliphatic heterocycles. The van der Waals surface area contributed by atoms with Gasteiger partial charge in [-0.25, -0.2) is 0 Å². The maximum atomic E-state index is 2.60. The molecule has 0 radical (unpaired) electrons. The molecule has 2 aliphatic carbocycles. The Morgan fingerprint density at radius 1 is 0.810 bits per heavy atom. The van der Waals surface area contributed by atoms with Crippen LogP contribution >= 0.6 is 0 Å². The number of hydrogen-bond acceptors (Lipinski definition) is 0. The smallest absolute Gasteiger partial charge is 0.0224 e. The van der Waals surface area contributed by atoms with E-state index in [-0.39, 0.29) is 0 Å². The first kappa shape index (κ1) is 17.4. The molecule has 0 amide bonds. The lowest BCUT2D eigenvalue weighted by atomic mass is 9.70. The largest absolute Gasteiger partial charge is 0.0654 e. The SMILES string of the molecule is CCCC(C)C(C)C(C)C(C)C1C2C(C(C)CCC)C12C. The number of fused-ring (bicyclic) bond motifs is 1. The molecule has 0 spiro atoms. The Morgan fingerprint density at radius 3 is 1.81 bits per heavy atom. The maximum absolute atomic E-state index is 2.60. The summed E-state index contributed by atoms with van der Waals surface area (Å²) < 4.78 is 0. The molecule has 0 bridgehead atoms. The average Bonchev–Trinajstić information content (AvgIpc) is 3.24. The Hall–Kier alpha value is 0. The molecule has 0 heterocycles. The maximum Gasteiger partial charge on any atom is -0.0224 e. The van der Waals surface area contributed by atoms with E-state index in [0.717, 1.165) is 52.8 Å². The quantitative estimate of drug-likeness (QED) is 0.446. The molecule has 9 unspecified atom stereocenters. The summed E-state index contributed by atoms with van der Waals surface area (Å²) in [6, 6.07) is 0. The minimum Gasteiger partial charge on any atom is -0.0654 e. The van der Waals surface area contributed by atoms with E-state index in [1.54, 1.807) is 0 Å². The summed E-state index contributed by atoms with van der Waals surface area (Å²) in [5.41, 5.74) is 0.746. The molecular weight excluding hydrogens is 252 g/mol. The predicted octanol–water partition coefficient (Wildman–Crippen LogP) is 6.65. The van der Waals surface area contributed by atoms with E-state index in [1.807, 2.05) is 0 Å². The molecule has 2 fully saturated rings. The van der Waals surface area contributed by atoms with Gasteiger partial charge in [0.15, 0.2) is 0 Å². The summed E-state index contributed by atoms with van der Waals surface area (Å²) in [7, 11) is 0. The fraction of sp³-hybridized carbons (Fsp3) is 1.00. The van der Waals surface area contributed by atoms with Gasteiger partial charge in [0.2, 0.25) is 0 Å². The monoisotopic (exact) mass is 292 g/mol. The molecule has 0 nitrogen and oxygen atoms in total. The first-order chi connectivity index (χ1) is 9.82. The van der Waals surface area contributed by atoms with Gasteiger partial charge in [-0.2, -0.15) is 0 Å². The highest BCUT2D eigenvalue weighted by Gasteiger charge is 2.84. The van der Waals surface area contributed by atoms with E-state index in [9.17, 15) is 0 Å². The highest BCUT2D eigenvalue weighted by atomic mass is 14.9. The van der Waals surface area contributed by atoms with Crippen LogP contribution < -0.4 is 0 Å². The Bertz CT molecular complexity index is 346. The highest BCUT2D eigenvalue weighted by Crippen LogP contribution is 2.88. The summed E-state index contributed by atoms with van der Waals surface area (Å²) in [6.45, 7) is 19.8. The molecule has 2 rings (SSSR count). The second-order valence-corrected chi connectivity index (χ2v) is 9.05. The van der Waals surface area contributed by atoms with E-state index in [4.69, 9.17) is 0 Å². The van der Waals surface area contributed by atoms with Gasteiger partial charge in [-0.1, -0.05) is 81.1 Å². The molecular formula is C21H40. The van der Waals surface area contributed by atoms with Crippen LogP contribution in [0.3, 0.4) is 0 Å². The van der Waals surface area contributed by atoms with Crippen LogP contribution in [0.25, 0.3) is 0 Å². The van der Waals surface area contributed by atoms with Crippen molar-refractivity contribution in [3.8, 4) is 0 Å². The van der Waals surface area contributed by atoms with Crippen molar-refractivity contribution < 1.29 is 0 Å². The molecule has 0 aromatic carbocycles. The average molecular weight is 293 g/mol. The van der Waals surface area contributed by atoms with Crippen molar-refractivity contribution in [2.45, 2.75) is 81.1 Å². The van der Waals surface area contributed by atoms with E-state index in [1.165, 1.54) is 25.7 Å². The van der Waals surface area contributed by atoms with Crippen LogP contribution in [0.1, 0.15) is 81.1 Å². The normalized spacial score (nSPS) is 40.9. The minimum absolute atomic E-state index is 0.746. The predicted molar refractivity (Wildman–Crippen MR) is 94.2 cm³/mol. The van der Waals surface area contributed by atoms with Crippen LogP contribution in [0, 0.1) is 52.8 Å². The van der Waals surface area contributed by atoms with Crippen LogP contribution in [-0.2, 0) is 0 Å². The zero-order valence-corrected chi connectivity index (χ0v) is 15.9. The van der Waals surface area contributed by atoms with Gasteiger partial charge in [-0.15, -0.1) is 0 Å². The minimum atomic E-state index is 0.746. The van der Waals surface area contributed by atoms with Crippen LogP contribution in [0.5, 0.6) is 0 Å². The van der Waals surface area contributed by atoms with Gasteiger partial charge in [-0.3, -0.25) is 0 Å². The molecule has 0 aromatic rings. The summed E-state index contributed by atoms with van der Waals surface area (Å²) in [6.07, 6.45) is 5.55. The van der Waals surface area contributed by atoms with Gasteiger partial charge in [0, 0.05) is 0 Å². The summed E-state index contributed by atoms with van der Waals surface area (Å²) in [4.78, 5) is 0. The first-order valence-corrected chi connectivity index (χ1v) is 9.82. The molecule has 21 heavy (non-hydrogen) atoms. The Balaban J connectivity index is 1.86. The molecule has 0 N–H and O–H groups in total. The Labute approximate surface area is 134 Å². The molecule has 2 saturated carbocycles. The summed E-state index contributed by atoms with van der Waals surface area (Å²) >= 11 is 0. The lowest BCUT2D eigenvalue weighted by Gasteiger charge is -2.35. The standard InChI is InChI=1S/C21H40/c1-9-11-13(3)15(5)16(6)17(7)19-20-18(21(19,20)8)14(4)12-10-2/h13-20H,9-12H2,1-8H3. The third-order valence-electron chi connectivity index (χ3n) is 7.93. The van der Waals surface area contributed by atoms with Crippen molar-refractivity contribution in [2.24, 2.45) is 52.8 Å². The Morgan fingerprint density at radius 2 is 1.33 bits per heavy atom. The van der Waals surface area contributed by atoms with E-state index >= 15 is 0 Å². The van der Waals surface area contributed by atoms with Crippen LogP contribution in [0.2, 0.25) is 0 Å². The third-order valence-corrected chi connectivity index (χ3v) is 7.93. The van der Waals surface area contributed by atoms with Gasteiger partial charge in [0.05, 0.1) is 0 Å². The third kappa shape index (κ3) is 2.81. The number of rotatable bonds is 9. The summed E-state index contributed by atoms with van der Waals surface area (Å²) in [5.74, 6) is 7.78. The van der Waals surface area contributed by atoms with Crippen LogP contribution in [-0.4, -0.2) is 0 Å². The van der Waals surface area contributed by atoms with E-state index in [2.05, 4.69) is 55.4 Å². The van der Waals surface area contributed by atoms with Crippen molar-refractivity contribution in [2.75, 3.05) is 0 Å². The molecule has 0 heteroatoms. The van der Waals surface area contributed by atoms with Gasteiger partial charge in [-0.05, 0) is 52.8 Å². The fourth-order valence-corrected chi connectivity index (χ4v) is 6.07. The molecule has 2 aliphatic rings. The van der Waals surface area contributed by atoms with Gasteiger partial charge >= 0.3 is 0 Å². The fourth-order valence-electron chi connectivity index (χ4n) is 6.07. The zero-order chi connectivity index (χ0) is 15.9. The van der Waals surface area contributed by atoms with Crippen LogP contribution in [0.4, 0.5) is 0 Å². The van der Waals surface area contributed by atoms with Gasteiger partial charge in [0.25, 0.3) is 0 Å². The summed E-state index contributed by atoms with van der Waals surface area (Å²) in [5, 5.41) is 0. The van der Waals surface area contributed by atoms with Crippen LogP contribution in [0.15, 0.2) is 0 Å². The van der Waals surface area contributed by atoms with E-state index < -0.39 is 0 Å². The Kier molecular flexibility index (Phi) is 5.16. The topological polar surface area (TPSA) is 0 Å². The highest BCUT2D eigenvalue weighted by molar-refractivity contribution is 5.31. The van der Waals surface area contributed by atoms with Gasteiger partial charge in [0.1, 0.15) is 0 Å². The second kappa shape index (κ2) is 6.25. The van der Waals surface area contributed by atoms with Crippen molar-refractivity contribution in [1.29, 1.82) is 0 Å². The lowest BCUT2D eigenvalue weighted by Crippen LogP contribution is -2.29. The molecule has 124 valence electrons.